The SMILES string of the molecule is CC(C)C[C@@H](NC(=O)c1ccc(N2CCOCC2)cc1)C(=O)O. The zero-order valence-electron chi connectivity index (χ0n) is 13.6. The summed E-state index contributed by atoms with van der Waals surface area (Å²) >= 11 is 0. The standard InChI is InChI=1S/C17H24N2O4/c1-12(2)11-15(17(21)22)18-16(20)13-3-5-14(6-4-13)19-7-9-23-10-8-19/h3-6,12,15H,7-11H2,1-2H3,(H,18,20)(H,21,22)/t15-/m1/s1. The number of morpholine rings is 1. The predicted molar refractivity (Wildman–Crippen MR) is 87.8 cm³/mol. The van der Waals surface area contributed by atoms with Crippen LogP contribution in [0.15, 0.2) is 24.3 Å². The maximum Gasteiger partial charge on any atom is 0.326 e. The molecule has 1 amide bonds. The molecule has 0 radical (unpaired) electrons. The Labute approximate surface area is 136 Å². The third kappa shape index (κ3) is 4.96. The second-order valence-electron chi connectivity index (χ2n) is 6.14. The van der Waals surface area contributed by atoms with Crippen LogP contribution in [-0.4, -0.2) is 49.3 Å². The van der Waals surface area contributed by atoms with Gasteiger partial charge in [0, 0.05) is 24.3 Å². The molecule has 0 bridgehead atoms. The van der Waals surface area contributed by atoms with Gasteiger partial charge in [-0.25, -0.2) is 4.79 Å². The quantitative estimate of drug-likeness (QED) is 0.835. The molecule has 1 saturated heterocycles. The number of carboxylic acids is 1. The number of nitrogens with one attached hydrogen (secondary N) is 1. The first-order valence-corrected chi connectivity index (χ1v) is 7.94. The number of ether oxygens (including phenoxy) is 1. The molecule has 126 valence electrons. The number of aliphatic carboxylic acids is 1. The Balaban J connectivity index is 2.00. The van der Waals surface area contributed by atoms with Crippen molar-refractivity contribution in [3.8, 4) is 0 Å². The van der Waals surface area contributed by atoms with Crippen LogP contribution < -0.4 is 10.2 Å². The van der Waals surface area contributed by atoms with Crippen LogP contribution in [0.5, 0.6) is 0 Å². The molecule has 2 N–H and O–H groups in total. The maximum absolute atomic E-state index is 12.2. The Bertz CT molecular complexity index is 536. The zero-order chi connectivity index (χ0) is 16.8. The summed E-state index contributed by atoms with van der Waals surface area (Å²) in [5.74, 6) is -1.16. The van der Waals surface area contributed by atoms with E-state index in [9.17, 15) is 14.7 Å². The first-order chi connectivity index (χ1) is 11.0. The van der Waals surface area contributed by atoms with E-state index in [2.05, 4.69) is 10.2 Å². The van der Waals surface area contributed by atoms with E-state index in [0.717, 1.165) is 18.8 Å². The predicted octanol–water partition coefficient (Wildman–Crippen LogP) is 1.75. The van der Waals surface area contributed by atoms with Crippen LogP contribution in [0.4, 0.5) is 5.69 Å². The number of anilines is 1. The van der Waals surface area contributed by atoms with Crippen LogP contribution in [0, 0.1) is 5.92 Å². The monoisotopic (exact) mass is 320 g/mol. The first-order valence-electron chi connectivity index (χ1n) is 7.94. The van der Waals surface area contributed by atoms with Crippen molar-refractivity contribution < 1.29 is 19.4 Å². The number of carbonyl (C=O) groups is 2. The lowest BCUT2D eigenvalue weighted by Crippen LogP contribution is -2.41. The van der Waals surface area contributed by atoms with Crippen molar-refractivity contribution in [3.05, 3.63) is 29.8 Å². The molecule has 2 rings (SSSR count). The van der Waals surface area contributed by atoms with Crippen molar-refractivity contribution in [1.82, 2.24) is 5.32 Å². The van der Waals surface area contributed by atoms with Crippen molar-refractivity contribution in [2.45, 2.75) is 26.3 Å². The average molecular weight is 320 g/mol. The molecular formula is C17H24N2O4. The largest absolute Gasteiger partial charge is 0.480 e. The van der Waals surface area contributed by atoms with Gasteiger partial charge in [0.1, 0.15) is 6.04 Å². The number of carbonyl (C=O) groups excluding carboxylic acids is 1. The molecular weight excluding hydrogens is 296 g/mol. The van der Waals surface area contributed by atoms with E-state index in [-0.39, 0.29) is 11.8 Å². The summed E-state index contributed by atoms with van der Waals surface area (Å²) in [6.45, 7) is 6.94. The molecule has 0 unspecified atom stereocenters. The number of benzene rings is 1. The smallest absolute Gasteiger partial charge is 0.326 e. The van der Waals surface area contributed by atoms with Gasteiger partial charge in [-0.05, 0) is 36.6 Å². The van der Waals surface area contributed by atoms with Crippen LogP contribution in [0.3, 0.4) is 0 Å². The molecule has 1 fully saturated rings. The van der Waals surface area contributed by atoms with Crippen LogP contribution in [0.1, 0.15) is 30.6 Å². The molecule has 1 aromatic carbocycles. The average Bonchev–Trinajstić information content (AvgIpc) is 2.54. The molecule has 0 spiro atoms. The van der Waals surface area contributed by atoms with Gasteiger partial charge < -0.3 is 20.1 Å². The number of carboxylic acid groups (broad SMARTS) is 1. The molecule has 1 aliphatic rings. The van der Waals surface area contributed by atoms with Crippen molar-refractivity contribution >= 4 is 17.6 Å². The van der Waals surface area contributed by atoms with E-state index >= 15 is 0 Å². The van der Waals surface area contributed by atoms with Crippen molar-refractivity contribution in [2.24, 2.45) is 5.92 Å². The number of rotatable bonds is 6. The van der Waals surface area contributed by atoms with Crippen molar-refractivity contribution in [3.63, 3.8) is 0 Å². The molecule has 0 saturated carbocycles. The third-order valence-corrected chi connectivity index (χ3v) is 3.82. The molecule has 1 aromatic rings. The van der Waals surface area contributed by atoms with E-state index in [4.69, 9.17) is 4.74 Å². The van der Waals surface area contributed by atoms with Crippen molar-refractivity contribution in [2.75, 3.05) is 31.2 Å². The Hall–Kier alpha value is -2.08. The van der Waals surface area contributed by atoms with Gasteiger partial charge in [-0.3, -0.25) is 4.79 Å². The lowest BCUT2D eigenvalue weighted by molar-refractivity contribution is -0.139. The Morgan fingerprint density at radius 3 is 2.35 bits per heavy atom. The highest BCUT2D eigenvalue weighted by atomic mass is 16.5. The van der Waals surface area contributed by atoms with Gasteiger partial charge in [-0.15, -0.1) is 0 Å². The minimum absolute atomic E-state index is 0.195. The Morgan fingerprint density at radius 2 is 1.83 bits per heavy atom. The lowest BCUT2D eigenvalue weighted by atomic mass is 10.0. The molecule has 23 heavy (non-hydrogen) atoms. The van der Waals surface area contributed by atoms with Crippen LogP contribution >= 0.6 is 0 Å². The van der Waals surface area contributed by atoms with E-state index in [1.165, 1.54) is 0 Å². The molecule has 6 heteroatoms. The first kappa shape index (κ1) is 17.3. The molecule has 1 atom stereocenters. The van der Waals surface area contributed by atoms with Crippen LogP contribution in [0.2, 0.25) is 0 Å². The van der Waals surface area contributed by atoms with Gasteiger partial charge >= 0.3 is 5.97 Å². The van der Waals surface area contributed by atoms with Gasteiger partial charge in [-0.2, -0.15) is 0 Å². The summed E-state index contributed by atoms with van der Waals surface area (Å²) in [7, 11) is 0. The van der Waals surface area contributed by atoms with E-state index < -0.39 is 12.0 Å². The van der Waals surface area contributed by atoms with Gasteiger partial charge in [0.2, 0.25) is 0 Å². The lowest BCUT2D eigenvalue weighted by Gasteiger charge is -2.28. The van der Waals surface area contributed by atoms with Gasteiger partial charge in [0.05, 0.1) is 13.2 Å². The summed E-state index contributed by atoms with van der Waals surface area (Å²) in [6.07, 6.45) is 0.410. The van der Waals surface area contributed by atoms with Gasteiger partial charge in [0.15, 0.2) is 0 Å². The number of hydrogen-bond donors (Lipinski definition) is 2. The molecule has 0 aliphatic carbocycles. The maximum atomic E-state index is 12.2. The van der Waals surface area contributed by atoms with E-state index in [1.807, 2.05) is 26.0 Å². The molecule has 1 heterocycles. The second kappa shape index (κ2) is 7.97. The van der Waals surface area contributed by atoms with E-state index in [1.54, 1.807) is 12.1 Å². The third-order valence-electron chi connectivity index (χ3n) is 3.82. The molecule has 0 aromatic heterocycles. The highest BCUT2D eigenvalue weighted by Crippen LogP contribution is 2.17. The topological polar surface area (TPSA) is 78.9 Å². The summed E-state index contributed by atoms with van der Waals surface area (Å²) in [4.78, 5) is 25.6. The van der Waals surface area contributed by atoms with Gasteiger partial charge in [0.25, 0.3) is 5.91 Å². The fraction of sp³-hybridized carbons (Fsp3) is 0.529. The van der Waals surface area contributed by atoms with E-state index in [0.29, 0.717) is 25.2 Å². The number of nitrogens with zero attached hydrogens (tertiary/aromatic N) is 1. The molecule has 6 nitrogen and oxygen atoms in total. The Kier molecular flexibility index (Phi) is 5.98. The van der Waals surface area contributed by atoms with Crippen LogP contribution in [-0.2, 0) is 9.53 Å². The highest BCUT2D eigenvalue weighted by Gasteiger charge is 2.21. The summed E-state index contributed by atoms with van der Waals surface area (Å²) in [5, 5.41) is 11.8. The van der Waals surface area contributed by atoms with Crippen molar-refractivity contribution in [1.29, 1.82) is 0 Å². The normalized spacial score (nSPS) is 16.2. The fourth-order valence-corrected chi connectivity index (χ4v) is 2.58. The Morgan fingerprint density at radius 1 is 1.22 bits per heavy atom. The second-order valence-corrected chi connectivity index (χ2v) is 6.14. The summed E-state index contributed by atoms with van der Waals surface area (Å²) in [6, 6.07) is 6.38. The highest BCUT2D eigenvalue weighted by molar-refractivity contribution is 5.96. The zero-order valence-corrected chi connectivity index (χ0v) is 13.6. The molecule has 1 aliphatic heterocycles. The minimum atomic E-state index is -1.00. The number of amides is 1. The van der Waals surface area contributed by atoms with Gasteiger partial charge in [-0.1, -0.05) is 13.8 Å². The van der Waals surface area contributed by atoms with Crippen LogP contribution in [0.25, 0.3) is 0 Å². The number of hydrogen-bond acceptors (Lipinski definition) is 4. The minimum Gasteiger partial charge on any atom is -0.480 e. The summed E-state index contributed by atoms with van der Waals surface area (Å²) in [5.41, 5.74) is 1.51. The summed E-state index contributed by atoms with van der Waals surface area (Å²) < 4.78 is 5.32. The fourth-order valence-electron chi connectivity index (χ4n) is 2.58.